The van der Waals surface area contributed by atoms with E-state index in [9.17, 15) is 14.9 Å². The van der Waals surface area contributed by atoms with Gasteiger partial charge in [-0.25, -0.2) is 4.68 Å². The standard InChI is InChI=1S/C18H24N4O2/c1-12-13(2)20-22(18(24)15(12)10-19)11-17(23)21-9-5-7-14-6-3-4-8-16(14)21/h14,16H,3-9,11H2,1-2H3. The number of likely N-dealkylation sites (tertiary alicyclic amines) is 1. The van der Waals surface area contributed by atoms with E-state index in [4.69, 9.17) is 0 Å². The van der Waals surface area contributed by atoms with Crippen LogP contribution in [0.15, 0.2) is 4.79 Å². The van der Waals surface area contributed by atoms with E-state index in [0.29, 0.717) is 23.2 Å². The molecule has 6 nitrogen and oxygen atoms in total. The Morgan fingerprint density at radius 2 is 1.96 bits per heavy atom. The van der Waals surface area contributed by atoms with E-state index in [1.165, 1.54) is 25.7 Å². The lowest BCUT2D eigenvalue weighted by molar-refractivity contribution is -0.138. The highest BCUT2D eigenvalue weighted by Gasteiger charge is 2.35. The average Bonchev–Trinajstić information content (AvgIpc) is 2.59. The van der Waals surface area contributed by atoms with Crippen molar-refractivity contribution in [3.63, 3.8) is 0 Å². The SMILES string of the molecule is Cc1nn(CC(=O)N2CCCC3CCCCC32)c(=O)c(C#N)c1C. The zero-order chi connectivity index (χ0) is 17.3. The summed E-state index contributed by atoms with van der Waals surface area (Å²) in [5, 5.41) is 13.4. The Bertz CT molecular complexity index is 745. The van der Waals surface area contributed by atoms with Gasteiger partial charge in [-0.3, -0.25) is 9.59 Å². The molecule has 1 amide bonds. The van der Waals surface area contributed by atoms with E-state index >= 15 is 0 Å². The summed E-state index contributed by atoms with van der Waals surface area (Å²) in [6.07, 6.45) is 6.93. The number of carbonyl (C=O) groups is 1. The first-order valence-electron chi connectivity index (χ1n) is 8.80. The zero-order valence-electron chi connectivity index (χ0n) is 14.4. The fraction of sp³-hybridized carbons (Fsp3) is 0.667. The second-order valence-electron chi connectivity index (χ2n) is 7.00. The number of amides is 1. The topological polar surface area (TPSA) is 79.0 Å². The molecule has 0 aromatic carbocycles. The molecule has 1 aromatic rings. The molecule has 0 spiro atoms. The smallest absolute Gasteiger partial charge is 0.285 e. The Balaban J connectivity index is 1.84. The van der Waals surface area contributed by atoms with Crippen molar-refractivity contribution in [1.29, 1.82) is 5.26 Å². The minimum Gasteiger partial charge on any atom is -0.338 e. The summed E-state index contributed by atoms with van der Waals surface area (Å²) in [5.74, 6) is 0.559. The lowest BCUT2D eigenvalue weighted by Crippen LogP contribution is -2.51. The predicted molar refractivity (Wildman–Crippen MR) is 89.4 cm³/mol. The van der Waals surface area contributed by atoms with Crippen LogP contribution in [0.5, 0.6) is 0 Å². The van der Waals surface area contributed by atoms with E-state index in [-0.39, 0.29) is 18.0 Å². The van der Waals surface area contributed by atoms with Crippen LogP contribution in [-0.4, -0.2) is 33.2 Å². The molecule has 2 aliphatic rings. The highest BCUT2D eigenvalue weighted by Crippen LogP contribution is 2.35. The van der Waals surface area contributed by atoms with Gasteiger partial charge in [-0.1, -0.05) is 12.8 Å². The first kappa shape index (κ1) is 16.7. The van der Waals surface area contributed by atoms with E-state index in [1.54, 1.807) is 13.8 Å². The number of piperidine rings is 1. The molecule has 0 bridgehead atoms. The molecular weight excluding hydrogens is 304 g/mol. The molecule has 3 rings (SSSR count). The predicted octanol–water partition coefficient (Wildman–Crippen LogP) is 1.91. The molecule has 24 heavy (non-hydrogen) atoms. The molecule has 0 radical (unpaired) electrons. The van der Waals surface area contributed by atoms with Crippen LogP contribution < -0.4 is 5.56 Å². The van der Waals surface area contributed by atoms with E-state index < -0.39 is 5.56 Å². The third-order valence-corrected chi connectivity index (χ3v) is 5.60. The minimum atomic E-state index is -0.467. The molecule has 6 heteroatoms. The highest BCUT2D eigenvalue weighted by atomic mass is 16.2. The molecule has 2 atom stereocenters. The second-order valence-corrected chi connectivity index (χ2v) is 7.00. The third kappa shape index (κ3) is 2.95. The molecule has 2 heterocycles. The number of carbonyl (C=O) groups excluding carboxylic acids is 1. The molecule has 1 aliphatic heterocycles. The average molecular weight is 328 g/mol. The van der Waals surface area contributed by atoms with Gasteiger partial charge in [0.2, 0.25) is 5.91 Å². The fourth-order valence-corrected chi connectivity index (χ4v) is 4.16. The van der Waals surface area contributed by atoms with Crippen LogP contribution in [0.25, 0.3) is 0 Å². The van der Waals surface area contributed by atoms with Crippen LogP contribution in [-0.2, 0) is 11.3 Å². The van der Waals surface area contributed by atoms with Crippen molar-refractivity contribution in [2.24, 2.45) is 5.92 Å². The molecule has 2 unspecified atom stereocenters. The summed E-state index contributed by atoms with van der Waals surface area (Å²) in [7, 11) is 0. The van der Waals surface area contributed by atoms with Crippen LogP contribution in [0.1, 0.15) is 55.3 Å². The van der Waals surface area contributed by atoms with Gasteiger partial charge >= 0.3 is 0 Å². The Kier molecular flexibility index (Phi) is 4.70. The van der Waals surface area contributed by atoms with Crippen molar-refractivity contribution < 1.29 is 4.79 Å². The van der Waals surface area contributed by atoms with Gasteiger partial charge in [-0.05, 0) is 51.0 Å². The molecule has 1 aliphatic carbocycles. The van der Waals surface area contributed by atoms with Gasteiger partial charge in [-0.2, -0.15) is 10.4 Å². The second kappa shape index (κ2) is 6.76. The van der Waals surface area contributed by atoms with E-state index in [0.717, 1.165) is 24.1 Å². The Hall–Kier alpha value is -2.16. The first-order chi connectivity index (χ1) is 11.5. The summed E-state index contributed by atoms with van der Waals surface area (Å²) in [6.45, 7) is 4.17. The highest BCUT2D eigenvalue weighted by molar-refractivity contribution is 5.76. The van der Waals surface area contributed by atoms with Crippen LogP contribution in [0.2, 0.25) is 0 Å². The maximum absolute atomic E-state index is 12.8. The van der Waals surface area contributed by atoms with Crippen molar-refractivity contribution in [1.82, 2.24) is 14.7 Å². The van der Waals surface area contributed by atoms with Gasteiger partial charge in [0.05, 0.1) is 5.69 Å². The quantitative estimate of drug-likeness (QED) is 0.831. The Morgan fingerprint density at radius 1 is 1.25 bits per heavy atom. The molecule has 128 valence electrons. The summed E-state index contributed by atoms with van der Waals surface area (Å²) in [4.78, 5) is 27.2. The van der Waals surface area contributed by atoms with Gasteiger partial charge in [0.1, 0.15) is 18.2 Å². The summed E-state index contributed by atoms with van der Waals surface area (Å²) in [5.41, 5.74) is 0.834. The number of aryl methyl sites for hydroxylation is 1. The lowest BCUT2D eigenvalue weighted by Gasteiger charge is -2.44. The number of aromatic nitrogens is 2. The van der Waals surface area contributed by atoms with Crippen LogP contribution in [0.4, 0.5) is 0 Å². The normalized spacial score (nSPS) is 23.5. The molecule has 1 aromatic heterocycles. The van der Waals surface area contributed by atoms with Crippen molar-refractivity contribution >= 4 is 5.91 Å². The zero-order valence-corrected chi connectivity index (χ0v) is 14.4. The van der Waals surface area contributed by atoms with E-state index in [1.807, 2.05) is 11.0 Å². The molecule has 1 saturated carbocycles. The Morgan fingerprint density at radius 3 is 2.71 bits per heavy atom. The summed E-state index contributed by atoms with van der Waals surface area (Å²) in [6, 6.07) is 2.26. The number of hydrogen-bond donors (Lipinski definition) is 0. The van der Waals surface area contributed by atoms with Crippen LogP contribution in [0.3, 0.4) is 0 Å². The van der Waals surface area contributed by atoms with Gasteiger partial charge < -0.3 is 4.90 Å². The van der Waals surface area contributed by atoms with Crippen molar-refractivity contribution in [3.8, 4) is 6.07 Å². The van der Waals surface area contributed by atoms with Gasteiger partial charge in [0.15, 0.2) is 0 Å². The largest absolute Gasteiger partial charge is 0.338 e. The van der Waals surface area contributed by atoms with Gasteiger partial charge in [0.25, 0.3) is 5.56 Å². The number of nitrogens with zero attached hydrogens (tertiary/aromatic N) is 4. The number of nitriles is 1. The van der Waals surface area contributed by atoms with Crippen molar-refractivity contribution in [3.05, 3.63) is 27.2 Å². The first-order valence-corrected chi connectivity index (χ1v) is 8.80. The Labute approximate surface area is 142 Å². The van der Waals surface area contributed by atoms with Crippen molar-refractivity contribution in [2.45, 2.75) is 65.0 Å². The molecular formula is C18H24N4O2. The van der Waals surface area contributed by atoms with Crippen LogP contribution in [0, 0.1) is 31.1 Å². The van der Waals surface area contributed by atoms with Gasteiger partial charge in [0, 0.05) is 12.6 Å². The fourth-order valence-electron chi connectivity index (χ4n) is 4.16. The minimum absolute atomic E-state index is 0.0478. The number of rotatable bonds is 2. The molecule has 1 saturated heterocycles. The molecule has 0 N–H and O–H groups in total. The molecule has 2 fully saturated rings. The lowest BCUT2D eigenvalue weighted by atomic mass is 9.78. The van der Waals surface area contributed by atoms with Crippen LogP contribution >= 0.6 is 0 Å². The van der Waals surface area contributed by atoms with Gasteiger partial charge in [-0.15, -0.1) is 0 Å². The third-order valence-electron chi connectivity index (χ3n) is 5.60. The maximum Gasteiger partial charge on any atom is 0.285 e. The maximum atomic E-state index is 12.8. The summed E-state index contributed by atoms with van der Waals surface area (Å²) >= 11 is 0. The summed E-state index contributed by atoms with van der Waals surface area (Å²) < 4.78 is 1.16. The van der Waals surface area contributed by atoms with E-state index in [2.05, 4.69) is 5.10 Å². The number of fused-ring (bicyclic) bond motifs is 1. The van der Waals surface area contributed by atoms with Crippen molar-refractivity contribution in [2.75, 3.05) is 6.54 Å². The number of hydrogen-bond acceptors (Lipinski definition) is 4. The monoisotopic (exact) mass is 328 g/mol.